The van der Waals surface area contributed by atoms with Gasteiger partial charge in [-0.1, -0.05) is 18.2 Å². The third-order valence-electron chi connectivity index (χ3n) is 7.48. The van der Waals surface area contributed by atoms with Crippen LogP contribution in [0.15, 0.2) is 48.5 Å². The van der Waals surface area contributed by atoms with E-state index in [2.05, 4.69) is 0 Å². The van der Waals surface area contributed by atoms with Crippen LogP contribution in [0.3, 0.4) is 0 Å². The molecule has 0 bridgehead atoms. The first-order valence-corrected chi connectivity index (χ1v) is 12.3. The number of aryl methyl sites for hydroxylation is 1. The van der Waals surface area contributed by atoms with Gasteiger partial charge in [-0.05, 0) is 55.7 Å². The van der Waals surface area contributed by atoms with Crippen LogP contribution in [0.2, 0.25) is 0 Å². The molecule has 0 aliphatic carbocycles. The van der Waals surface area contributed by atoms with Crippen molar-refractivity contribution in [2.24, 2.45) is 0 Å². The minimum Gasteiger partial charge on any atom is -0.353 e. The number of likely N-dealkylation sites (tertiary alicyclic amines) is 2. The number of hydrogen-bond donors (Lipinski definition) is 0. The molecule has 0 aromatic heterocycles. The predicted molar refractivity (Wildman–Crippen MR) is 127 cm³/mol. The van der Waals surface area contributed by atoms with Crippen LogP contribution in [0.25, 0.3) is 0 Å². The predicted octanol–water partition coefficient (Wildman–Crippen LogP) is 3.23. The molecule has 2 aromatic rings. The number of ether oxygens (including phenoxy) is 1. The number of halogens is 1. The lowest BCUT2D eigenvalue weighted by atomic mass is 9.95. The molecular formula is C27H30FN3O4. The fourth-order valence-corrected chi connectivity index (χ4v) is 5.48. The molecule has 3 aliphatic heterocycles. The Labute approximate surface area is 204 Å². The summed E-state index contributed by atoms with van der Waals surface area (Å²) in [7, 11) is 0. The van der Waals surface area contributed by atoms with Crippen LogP contribution in [0.4, 0.5) is 4.39 Å². The molecule has 0 saturated carbocycles. The van der Waals surface area contributed by atoms with E-state index in [9.17, 15) is 18.8 Å². The van der Waals surface area contributed by atoms with Crippen molar-refractivity contribution in [2.75, 3.05) is 32.8 Å². The lowest BCUT2D eigenvalue weighted by Gasteiger charge is -2.45. The van der Waals surface area contributed by atoms with Crippen molar-refractivity contribution < 1.29 is 23.5 Å². The number of rotatable bonds is 3. The maximum Gasteiger partial charge on any atom is 0.257 e. The Morgan fingerprint density at radius 1 is 0.886 bits per heavy atom. The number of carbonyl (C=O) groups excluding carboxylic acids is 3. The molecular weight excluding hydrogens is 449 g/mol. The minimum absolute atomic E-state index is 0.0638. The van der Waals surface area contributed by atoms with E-state index in [0.717, 1.165) is 18.4 Å². The quantitative estimate of drug-likeness (QED) is 0.678. The fourth-order valence-electron chi connectivity index (χ4n) is 5.48. The Morgan fingerprint density at radius 2 is 1.54 bits per heavy atom. The highest BCUT2D eigenvalue weighted by atomic mass is 19.1. The second-order valence-corrected chi connectivity index (χ2v) is 9.59. The average Bonchev–Trinajstić information content (AvgIpc) is 3.53. The van der Waals surface area contributed by atoms with Gasteiger partial charge in [0.2, 0.25) is 5.91 Å². The second kappa shape index (κ2) is 9.41. The Hall–Kier alpha value is -3.26. The van der Waals surface area contributed by atoms with Crippen molar-refractivity contribution in [3.05, 3.63) is 71.0 Å². The summed E-state index contributed by atoms with van der Waals surface area (Å²) in [4.78, 5) is 45.5. The molecule has 7 nitrogen and oxygen atoms in total. The van der Waals surface area contributed by atoms with Crippen LogP contribution in [-0.2, 0) is 9.53 Å². The monoisotopic (exact) mass is 479 g/mol. The molecule has 3 heterocycles. The summed E-state index contributed by atoms with van der Waals surface area (Å²) in [6.07, 6.45) is 2.75. The van der Waals surface area contributed by atoms with Gasteiger partial charge in [-0.25, -0.2) is 4.39 Å². The highest BCUT2D eigenvalue weighted by Gasteiger charge is 2.55. The number of benzene rings is 2. The van der Waals surface area contributed by atoms with Gasteiger partial charge in [-0.15, -0.1) is 0 Å². The van der Waals surface area contributed by atoms with E-state index in [-0.39, 0.29) is 24.3 Å². The molecule has 2 aromatic carbocycles. The zero-order chi connectivity index (χ0) is 24.6. The third-order valence-corrected chi connectivity index (χ3v) is 7.48. The molecule has 1 spiro atoms. The van der Waals surface area contributed by atoms with Crippen LogP contribution in [0.5, 0.6) is 0 Å². The van der Waals surface area contributed by atoms with Crippen LogP contribution in [0, 0.1) is 12.7 Å². The first-order chi connectivity index (χ1) is 16.9. The van der Waals surface area contributed by atoms with Gasteiger partial charge in [0.15, 0.2) is 0 Å². The van der Waals surface area contributed by atoms with Crippen LogP contribution in [-0.4, -0.2) is 77.0 Å². The normalized spacial score (nSPS) is 21.5. The number of amides is 3. The SMILES string of the molecule is Cc1ccccc1C(=O)N1[C@@H](C(=O)N2CCCC2)COC12CCN(C(=O)c1ccc(F)cc1)CC2. The third kappa shape index (κ3) is 4.31. The summed E-state index contributed by atoms with van der Waals surface area (Å²) < 4.78 is 19.6. The second-order valence-electron chi connectivity index (χ2n) is 9.59. The molecule has 3 fully saturated rings. The maximum absolute atomic E-state index is 13.9. The summed E-state index contributed by atoms with van der Waals surface area (Å²) in [5.74, 6) is -0.848. The van der Waals surface area contributed by atoms with Crippen molar-refractivity contribution in [1.29, 1.82) is 0 Å². The summed E-state index contributed by atoms with van der Waals surface area (Å²) in [5.41, 5.74) is 0.876. The number of piperidine rings is 1. The molecule has 0 N–H and O–H groups in total. The topological polar surface area (TPSA) is 70.2 Å². The molecule has 8 heteroatoms. The average molecular weight is 480 g/mol. The van der Waals surface area contributed by atoms with Crippen molar-refractivity contribution in [3.8, 4) is 0 Å². The molecule has 5 rings (SSSR count). The standard InChI is InChI=1S/C27H30FN3O4/c1-19-6-2-3-7-22(19)25(33)31-23(26(34)29-14-4-5-15-29)18-35-27(31)12-16-30(17-13-27)24(32)20-8-10-21(28)11-9-20/h2-3,6-11,23H,4-5,12-18H2,1H3/t23-/m1/s1. The van der Waals surface area contributed by atoms with E-state index in [1.165, 1.54) is 24.3 Å². The Bertz CT molecular complexity index is 1120. The van der Waals surface area contributed by atoms with Gasteiger partial charge in [0.25, 0.3) is 11.8 Å². The van der Waals surface area contributed by atoms with E-state index in [1.807, 2.05) is 30.0 Å². The van der Waals surface area contributed by atoms with Gasteiger partial charge in [-0.2, -0.15) is 0 Å². The molecule has 184 valence electrons. The van der Waals surface area contributed by atoms with Crippen molar-refractivity contribution in [2.45, 2.75) is 44.4 Å². The molecule has 35 heavy (non-hydrogen) atoms. The van der Waals surface area contributed by atoms with Gasteiger partial charge in [0.1, 0.15) is 17.6 Å². The van der Waals surface area contributed by atoms with Crippen LogP contribution < -0.4 is 0 Å². The van der Waals surface area contributed by atoms with Crippen molar-refractivity contribution in [3.63, 3.8) is 0 Å². The largest absolute Gasteiger partial charge is 0.353 e. The van der Waals surface area contributed by atoms with Crippen LogP contribution in [0.1, 0.15) is 52.0 Å². The lowest BCUT2D eigenvalue weighted by molar-refractivity contribution is -0.136. The molecule has 3 aliphatic rings. The smallest absolute Gasteiger partial charge is 0.257 e. The first-order valence-electron chi connectivity index (χ1n) is 12.3. The van der Waals surface area contributed by atoms with Gasteiger partial charge in [0.05, 0.1) is 6.61 Å². The van der Waals surface area contributed by atoms with E-state index in [1.54, 1.807) is 15.9 Å². The lowest BCUT2D eigenvalue weighted by Crippen LogP contribution is -2.60. The first kappa shape index (κ1) is 23.5. The van der Waals surface area contributed by atoms with Gasteiger partial charge >= 0.3 is 0 Å². The van der Waals surface area contributed by atoms with Crippen molar-refractivity contribution in [1.82, 2.24) is 14.7 Å². The van der Waals surface area contributed by atoms with Gasteiger partial charge in [-0.3, -0.25) is 19.3 Å². The number of hydrogen-bond acceptors (Lipinski definition) is 4. The van der Waals surface area contributed by atoms with E-state index in [0.29, 0.717) is 50.1 Å². The van der Waals surface area contributed by atoms with Crippen LogP contribution >= 0.6 is 0 Å². The summed E-state index contributed by atoms with van der Waals surface area (Å²) in [6, 6.07) is 12.2. The van der Waals surface area contributed by atoms with E-state index in [4.69, 9.17) is 4.74 Å². The van der Waals surface area contributed by atoms with Crippen molar-refractivity contribution >= 4 is 17.7 Å². The highest BCUT2D eigenvalue weighted by Crippen LogP contribution is 2.39. The molecule has 0 radical (unpaired) electrons. The minimum atomic E-state index is -0.945. The molecule has 1 atom stereocenters. The van der Waals surface area contributed by atoms with E-state index >= 15 is 0 Å². The molecule has 3 amide bonds. The maximum atomic E-state index is 13.9. The molecule has 0 unspecified atom stereocenters. The fraction of sp³-hybridized carbons (Fsp3) is 0.444. The number of nitrogens with zero attached hydrogens (tertiary/aromatic N) is 3. The summed E-state index contributed by atoms with van der Waals surface area (Å²) in [5, 5.41) is 0. The summed E-state index contributed by atoms with van der Waals surface area (Å²) in [6.45, 7) is 4.19. The van der Waals surface area contributed by atoms with Gasteiger partial charge < -0.3 is 14.5 Å². The number of carbonyl (C=O) groups is 3. The van der Waals surface area contributed by atoms with Gasteiger partial charge in [0, 0.05) is 50.1 Å². The Morgan fingerprint density at radius 3 is 2.20 bits per heavy atom. The Balaban J connectivity index is 1.40. The zero-order valence-electron chi connectivity index (χ0n) is 19.9. The summed E-state index contributed by atoms with van der Waals surface area (Å²) >= 11 is 0. The zero-order valence-corrected chi connectivity index (χ0v) is 19.9. The molecule has 3 saturated heterocycles. The van der Waals surface area contributed by atoms with E-state index < -0.39 is 17.6 Å². The highest BCUT2D eigenvalue weighted by molar-refractivity contribution is 5.99. The Kier molecular flexibility index (Phi) is 6.32.